The molecule has 100 valence electrons. The molecule has 0 aromatic rings. The number of nitrogens with zero attached hydrogens (tertiary/aromatic N) is 2. The summed E-state index contributed by atoms with van der Waals surface area (Å²) in [4.78, 5) is 16.1. The van der Waals surface area contributed by atoms with Crippen LogP contribution in [-0.2, 0) is 4.79 Å². The summed E-state index contributed by atoms with van der Waals surface area (Å²) in [7, 11) is 0. The van der Waals surface area contributed by atoms with Crippen LogP contribution in [0.1, 0.15) is 33.1 Å². The van der Waals surface area contributed by atoms with Crippen molar-refractivity contribution in [2.24, 2.45) is 5.92 Å². The SMILES string of the molecule is CCCN(CCO)CC(=O)N1CCC[C@H](C)C1. The van der Waals surface area contributed by atoms with Crippen molar-refractivity contribution in [3.8, 4) is 0 Å². The van der Waals surface area contributed by atoms with Crippen molar-refractivity contribution < 1.29 is 9.90 Å². The first-order valence-electron chi connectivity index (χ1n) is 6.78. The smallest absolute Gasteiger partial charge is 0.236 e. The summed E-state index contributed by atoms with van der Waals surface area (Å²) in [5.74, 6) is 0.851. The maximum absolute atomic E-state index is 12.1. The van der Waals surface area contributed by atoms with Crippen LogP contribution in [0.25, 0.3) is 0 Å². The number of aliphatic hydroxyl groups excluding tert-OH is 1. The van der Waals surface area contributed by atoms with E-state index in [0.29, 0.717) is 19.0 Å². The van der Waals surface area contributed by atoms with Gasteiger partial charge in [-0.05, 0) is 31.7 Å². The Balaban J connectivity index is 2.39. The summed E-state index contributed by atoms with van der Waals surface area (Å²) in [5.41, 5.74) is 0. The fourth-order valence-corrected chi connectivity index (χ4v) is 2.43. The highest BCUT2D eigenvalue weighted by Gasteiger charge is 2.22. The number of rotatable bonds is 6. The summed E-state index contributed by atoms with van der Waals surface area (Å²) in [5, 5.41) is 8.96. The maximum Gasteiger partial charge on any atom is 0.236 e. The molecule has 1 heterocycles. The topological polar surface area (TPSA) is 43.8 Å². The Morgan fingerprint density at radius 2 is 2.24 bits per heavy atom. The van der Waals surface area contributed by atoms with E-state index in [1.807, 2.05) is 9.80 Å². The van der Waals surface area contributed by atoms with E-state index >= 15 is 0 Å². The van der Waals surface area contributed by atoms with Gasteiger partial charge in [0.25, 0.3) is 0 Å². The lowest BCUT2D eigenvalue weighted by molar-refractivity contribution is -0.134. The molecule has 0 aromatic carbocycles. The largest absolute Gasteiger partial charge is 0.395 e. The zero-order valence-electron chi connectivity index (χ0n) is 11.2. The molecule has 0 unspecified atom stereocenters. The predicted octanol–water partition coefficient (Wildman–Crippen LogP) is 0.949. The van der Waals surface area contributed by atoms with Crippen LogP contribution in [0.5, 0.6) is 0 Å². The van der Waals surface area contributed by atoms with Gasteiger partial charge in [0.2, 0.25) is 5.91 Å². The van der Waals surface area contributed by atoms with E-state index in [4.69, 9.17) is 5.11 Å². The third-order valence-electron chi connectivity index (χ3n) is 3.32. The minimum Gasteiger partial charge on any atom is -0.395 e. The average Bonchev–Trinajstić information content (AvgIpc) is 2.29. The number of likely N-dealkylation sites (tertiary alicyclic amines) is 1. The molecule has 0 saturated carbocycles. The van der Waals surface area contributed by atoms with Crippen LogP contribution >= 0.6 is 0 Å². The molecule has 1 atom stereocenters. The Kier molecular flexibility index (Phi) is 6.52. The summed E-state index contributed by atoms with van der Waals surface area (Å²) in [6.45, 7) is 8.18. The van der Waals surface area contributed by atoms with Crippen LogP contribution in [-0.4, -0.2) is 60.1 Å². The van der Waals surface area contributed by atoms with Gasteiger partial charge in [-0.2, -0.15) is 0 Å². The first kappa shape index (κ1) is 14.5. The minimum absolute atomic E-state index is 0.129. The molecule has 0 radical (unpaired) electrons. The number of hydrogen-bond donors (Lipinski definition) is 1. The van der Waals surface area contributed by atoms with Gasteiger partial charge < -0.3 is 10.0 Å². The van der Waals surface area contributed by atoms with Gasteiger partial charge in [-0.3, -0.25) is 9.69 Å². The second-order valence-corrected chi connectivity index (χ2v) is 5.09. The molecule has 1 aliphatic rings. The van der Waals surface area contributed by atoms with Gasteiger partial charge in [0.15, 0.2) is 0 Å². The van der Waals surface area contributed by atoms with Gasteiger partial charge in [0.1, 0.15) is 0 Å². The highest BCUT2D eigenvalue weighted by atomic mass is 16.3. The van der Waals surface area contributed by atoms with Crippen LogP contribution in [0.2, 0.25) is 0 Å². The first-order valence-corrected chi connectivity index (χ1v) is 6.78. The average molecular weight is 242 g/mol. The summed E-state index contributed by atoms with van der Waals surface area (Å²) >= 11 is 0. The van der Waals surface area contributed by atoms with E-state index < -0.39 is 0 Å². The maximum atomic E-state index is 12.1. The van der Waals surface area contributed by atoms with E-state index in [1.165, 1.54) is 6.42 Å². The monoisotopic (exact) mass is 242 g/mol. The zero-order chi connectivity index (χ0) is 12.7. The van der Waals surface area contributed by atoms with Crippen molar-refractivity contribution >= 4 is 5.91 Å². The van der Waals surface area contributed by atoms with Crippen molar-refractivity contribution in [2.75, 3.05) is 39.3 Å². The number of aliphatic hydroxyl groups is 1. The third-order valence-corrected chi connectivity index (χ3v) is 3.32. The normalized spacial score (nSPS) is 20.9. The first-order chi connectivity index (χ1) is 8.17. The van der Waals surface area contributed by atoms with Crippen LogP contribution in [0.4, 0.5) is 0 Å². The van der Waals surface area contributed by atoms with Gasteiger partial charge in [0.05, 0.1) is 13.2 Å². The molecule has 0 bridgehead atoms. The van der Waals surface area contributed by atoms with Crippen LogP contribution < -0.4 is 0 Å². The van der Waals surface area contributed by atoms with Gasteiger partial charge in [-0.25, -0.2) is 0 Å². The predicted molar refractivity (Wildman–Crippen MR) is 68.8 cm³/mol. The van der Waals surface area contributed by atoms with Crippen molar-refractivity contribution in [2.45, 2.75) is 33.1 Å². The van der Waals surface area contributed by atoms with Gasteiger partial charge in [-0.15, -0.1) is 0 Å². The molecule has 1 saturated heterocycles. The van der Waals surface area contributed by atoms with Crippen LogP contribution in [0, 0.1) is 5.92 Å². The Labute approximate surface area is 105 Å². The van der Waals surface area contributed by atoms with E-state index in [0.717, 1.165) is 32.5 Å². The highest BCUT2D eigenvalue weighted by Crippen LogP contribution is 2.15. The van der Waals surface area contributed by atoms with Crippen LogP contribution in [0.3, 0.4) is 0 Å². The molecule has 0 aromatic heterocycles. The molecular weight excluding hydrogens is 216 g/mol. The number of carbonyl (C=O) groups is 1. The van der Waals surface area contributed by atoms with Crippen molar-refractivity contribution in [3.05, 3.63) is 0 Å². The fourth-order valence-electron chi connectivity index (χ4n) is 2.43. The lowest BCUT2D eigenvalue weighted by Gasteiger charge is -2.32. The van der Waals surface area contributed by atoms with E-state index in [9.17, 15) is 4.79 Å². The highest BCUT2D eigenvalue weighted by molar-refractivity contribution is 5.78. The van der Waals surface area contributed by atoms with Gasteiger partial charge in [-0.1, -0.05) is 13.8 Å². The summed E-state index contributed by atoms with van der Waals surface area (Å²) in [6.07, 6.45) is 3.38. The Morgan fingerprint density at radius 1 is 1.47 bits per heavy atom. The number of piperidine rings is 1. The molecule has 0 aliphatic carbocycles. The van der Waals surface area contributed by atoms with Gasteiger partial charge in [0, 0.05) is 19.6 Å². The number of carbonyl (C=O) groups excluding carboxylic acids is 1. The second-order valence-electron chi connectivity index (χ2n) is 5.09. The van der Waals surface area contributed by atoms with Crippen molar-refractivity contribution in [3.63, 3.8) is 0 Å². The summed E-state index contributed by atoms with van der Waals surface area (Å²) in [6, 6.07) is 0. The molecule has 4 heteroatoms. The van der Waals surface area contributed by atoms with E-state index in [1.54, 1.807) is 0 Å². The van der Waals surface area contributed by atoms with Gasteiger partial charge >= 0.3 is 0 Å². The molecule has 1 N–H and O–H groups in total. The standard InChI is InChI=1S/C13H26N2O2/c1-3-6-14(8-9-16)11-13(17)15-7-4-5-12(2)10-15/h12,16H,3-11H2,1-2H3/t12-/m0/s1. The molecule has 0 spiro atoms. The fraction of sp³-hybridized carbons (Fsp3) is 0.923. The molecule has 4 nitrogen and oxygen atoms in total. The van der Waals surface area contributed by atoms with E-state index in [2.05, 4.69) is 13.8 Å². The Bertz CT molecular complexity index is 227. The van der Waals surface area contributed by atoms with E-state index in [-0.39, 0.29) is 12.5 Å². The summed E-state index contributed by atoms with van der Waals surface area (Å²) < 4.78 is 0. The molecule has 1 amide bonds. The van der Waals surface area contributed by atoms with Crippen LogP contribution in [0.15, 0.2) is 0 Å². The Morgan fingerprint density at radius 3 is 2.82 bits per heavy atom. The molecule has 17 heavy (non-hydrogen) atoms. The molecule has 1 rings (SSSR count). The van der Waals surface area contributed by atoms with Crippen molar-refractivity contribution in [1.82, 2.24) is 9.80 Å². The number of amides is 1. The molecule has 1 fully saturated rings. The van der Waals surface area contributed by atoms with Crippen molar-refractivity contribution in [1.29, 1.82) is 0 Å². The Hall–Kier alpha value is -0.610. The number of hydrogen-bond acceptors (Lipinski definition) is 3. The molecular formula is C13H26N2O2. The second kappa shape index (κ2) is 7.67. The zero-order valence-corrected chi connectivity index (χ0v) is 11.2. The molecule has 1 aliphatic heterocycles. The quantitative estimate of drug-likeness (QED) is 0.754. The minimum atomic E-state index is 0.129. The lowest BCUT2D eigenvalue weighted by Crippen LogP contribution is -2.45. The lowest BCUT2D eigenvalue weighted by atomic mass is 10.0. The third kappa shape index (κ3) is 5.04.